The van der Waals surface area contributed by atoms with Crippen molar-refractivity contribution in [1.29, 1.82) is 0 Å². The van der Waals surface area contributed by atoms with Crippen LogP contribution in [-0.2, 0) is 4.79 Å². The van der Waals surface area contributed by atoms with Crippen LogP contribution in [0.25, 0.3) is 11.6 Å². The van der Waals surface area contributed by atoms with Gasteiger partial charge in [-0.3, -0.25) is 0 Å². The van der Waals surface area contributed by atoms with Crippen LogP contribution in [0.3, 0.4) is 0 Å². The van der Waals surface area contributed by atoms with Crippen LogP contribution in [0, 0.1) is 0 Å². The molecule has 0 saturated carbocycles. The first-order valence-electron chi connectivity index (χ1n) is 9.11. The molecule has 6 heteroatoms. The van der Waals surface area contributed by atoms with Crippen molar-refractivity contribution >= 4 is 17.6 Å². The fourth-order valence-corrected chi connectivity index (χ4v) is 2.65. The molecule has 0 bridgehead atoms. The van der Waals surface area contributed by atoms with Crippen molar-refractivity contribution in [3.63, 3.8) is 0 Å². The number of methoxy groups -OCH3 is 2. The standard InChI is InChI=1S/C22H26O6/c1-5-11-28-19-9-7-15(13-21(19)27-6-2)12-17(22(23)24)16-8-10-18(25-3)20(14-16)26-4/h7-10,12-14H,5-6,11H2,1-4H3,(H,23,24)/b17-12-. The molecule has 0 amide bonds. The predicted molar refractivity (Wildman–Crippen MR) is 108 cm³/mol. The number of carboxylic acids is 1. The molecule has 0 saturated heterocycles. The van der Waals surface area contributed by atoms with Crippen molar-refractivity contribution in [2.75, 3.05) is 27.4 Å². The fraction of sp³-hybridized carbons (Fsp3) is 0.318. The zero-order valence-electron chi connectivity index (χ0n) is 16.7. The zero-order chi connectivity index (χ0) is 20.5. The van der Waals surface area contributed by atoms with Crippen molar-refractivity contribution in [2.24, 2.45) is 0 Å². The normalized spacial score (nSPS) is 11.1. The van der Waals surface area contributed by atoms with Gasteiger partial charge in [0.25, 0.3) is 0 Å². The molecule has 0 unspecified atom stereocenters. The third-order valence-corrected chi connectivity index (χ3v) is 3.97. The number of carbonyl (C=O) groups is 1. The quantitative estimate of drug-likeness (QED) is 0.478. The summed E-state index contributed by atoms with van der Waals surface area (Å²) in [4.78, 5) is 11.9. The summed E-state index contributed by atoms with van der Waals surface area (Å²) >= 11 is 0. The van der Waals surface area contributed by atoms with E-state index in [2.05, 4.69) is 0 Å². The Morgan fingerprint density at radius 2 is 1.64 bits per heavy atom. The molecule has 0 atom stereocenters. The summed E-state index contributed by atoms with van der Waals surface area (Å²) in [7, 11) is 3.04. The summed E-state index contributed by atoms with van der Waals surface area (Å²) in [5, 5.41) is 9.73. The van der Waals surface area contributed by atoms with Gasteiger partial charge in [0.1, 0.15) is 0 Å². The molecule has 0 aliphatic rings. The van der Waals surface area contributed by atoms with E-state index in [0.717, 1.165) is 6.42 Å². The fourth-order valence-electron chi connectivity index (χ4n) is 2.65. The summed E-state index contributed by atoms with van der Waals surface area (Å²) in [6, 6.07) is 10.4. The van der Waals surface area contributed by atoms with Gasteiger partial charge in [0.2, 0.25) is 0 Å². The lowest BCUT2D eigenvalue weighted by molar-refractivity contribution is -0.130. The first kappa shape index (κ1) is 21.2. The third kappa shape index (κ3) is 5.19. The smallest absolute Gasteiger partial charge is 0.336 e. The molecule has 0 fully saturated rings. The molecule has 0 aromatic heterocycles. The molecule has 0 heterocycles. The number of carboxylic acid groups (broad SMARTS) is 1. The molecule has 0 aliphatic carbocycles. The highest BCUT2D eigenvalue weighted by atomic mass is 16.5. The maximum Gasteiger partial charge on any atom is 0.336 e. The van der Waals surface area contributed by atoms with Crippen LogP contribution in [0.1, 0.15) is 31.4 Å². The largest absolute Gasteiger partial charge is 0.493 e. The first-order valence-corrected chi connectivity index (χ1v) is 9.11. The van der Waals surface area contributed by atoms with Crippen molar-refractivity contribution in [3.8, 4) is 23.0 Å². The van der Waals surface area contributed by atoms with Crippen molar-refractivity contribution in [3.05, 3.63) is 47.5 Å². The van der Waals surface area contributed by atoms with Crippen LogP contribution in [-0.4, -0.2) is 38.5 Å². The lowest BCUT2D eigenvalue weighted by atomic mass is 10.0. The van der Waals surface area contributed by atoms with Crippen LogP contribution in [0.2, 0.25) is 0 Å². The second-order valence-electron chi connectivity index (χ2n) is 5.92. The number of hydrogen-bond donors (Lipinski definition) is 1. The minimum absolute atomic E-state index is 0.130. The van der Waals surface area contributed by atoms with E-state index in [1.54, 1.807) is 42.5 Å². The third-order valence-electron chi connectivity index (χ3n) is 3.97. The Morgan fingerprint density at radius 1 is 0.929 bits per heavy atom. The van der Waals surface area contributed by atoms with Crippen LogP contribution in [0.5, 0.6) is 23.0 Å². The highest BCUT2D eigenvalue weighted by molar-refractivity contribution is 6.20. The minimum Gasteiger partial charge on any atom is -0.493 e. The van der Waals surface area contributed by atoms with Gasteiger partial charge in [-0.25, -0.2) is 4.79 Å². The lowest BCUT2D eigenvalue weighted by Gasteiger charge is -2.13. The van der Waals surface area contributed by atoms with Gasteiger partial charge >= 0.3 is 5.97 Å². The van der Waals surface area contributed by atoms with E-state index in [-0.39, 0.29) is 5.57 Å². The number of aliphatic carboxylic acids is 1. The van der Waals surface area contributed by atoms with E-state index in [1.807, 2.05) is 13.8 Å². The Labute approximate surface area is 165 Å². The van der Waals surface area contributed by atoms with Gasteiger partial charge in [0.15, 0.2) is 23.0 Å². The van der Waals surface area contributed by atoms with E-state index < -0.39 is 5.97 Å². The van der Waals surface area contributed by atoms with Gasteiger partial charge in [-0.15, -0.1) is 0 Å². The first-order chi connectivity index (χ1) is 13.5. The highest BCUT2D eigenvalue weighted by Crippen LogP contribution is 2.33. The monoisotopic (exact) mass is 386 g/mol. The summed E-state index contributed by atoms with van der Waals surface area (Å²) in [5.74, 6) is 1.18. The molecule has 0 spiro atoms. The molecule has 0 radical (unpaired) electrons. The molecule has 2 rings (SSSR count). The Balaban J connectivity index is 2.46. The molecular weight excluding hydrogens is 360 g/mol. The van der Waals surface area contributed by atoms with Crippen LogP contribution in [0.4, 0.5) is 0 Å². The van der Waals surface area contributed by atoms with Crippen molar-refractivity contribution in [1.82, 2.24) is 0 Å². The molecule has 6 nitrogen and oxygen atoms in total. The van der Waals surface area contributed by atoms with Crippen molar-refractivity contribution < 1.29 is 28.8 Å². The number of benzene rings is 2. The second-order valence-corrected chi connectivity index (χ2v) is 5.92. The predicted octanol–water partition coefficient (Wildman–Crippen LogP) is 4.52. The Bertz CT molecular complexity index is 841. The molecule has 0 aliphatic heterocycles. The average molecular weight is 386 g/mol. The summed E-state index contributed by atoms with van der Waals surface area (Å²) in [6.45, 7) is 4.98. The van der Waals surface area contributed by atoms with Gasteiger partial charge in [-0.2, -0.15) is 0 Å². The Kier molecular flexibility index (Phi) is 7.75. The SMILES string of the molecule is CCCOc1ccc(/C=C(\C(=O)O)c2ccc(OC)c(OC)c2)cc1OCC. The summed E-state index contributed by atoms with van der Waals surface area (Å²) in [5.41, 5.74) is 1.33. The highest BCUT2D eigenvalue weighted by Gasteiger charge is 2.15. The Hall–Kier alpha value is -3.15. The molecule has 1 N–H and O–H groups in total. The van der Waals surface area contributed by atoms with Gasteiger partial charge in [0, 0.05) is 0 Å². The summed E-state index contributed by atoms with van der Waals surface area (Å²) in [6.07, 6.45) is 2.48. The van der Waals surface area contributed by atoms with E-state index in [1.165, 1.54) is 14.2 Å². The Morgan fingerprint density at radius 3 is 2.25 bits per heavy atom. The van der Waals surface area contributed by atoms with Crippen LogP contribution < -0.4 is 18.9 Å². The maximum absolute atomic E-state index is 11.9. The zero-order valence-corrected chi connectivity index (χ0v) is 16.7. The average Bonchev–Trinajstić information content (AvgIpc) is 2.70. The van der Waals surface area contributed by atoms with Gasteiger partial charge in [-0.05, 0) is 54.8 Å². The van der Waals surface area contributed by atoms with Gasteiger partial charge in [-0.1, -0.05) is 19.1 Å². The molecule has 150 valence electrons. The van der Waals surface area contributed by atoms with Crippen molar-refractivity contribution in [2.45, 2.75) is 20.3 Å². The number of ether oxygens (including phenoxy) is 4. The van der Waals surface area contributed by atoms with Crippen LogP contribution in [0.15, 0.2) is 36.4 Å². The van der Waals surface area contributed by atoms with E-state index >= 15 is 0 Å². The minimum atomic E-state index is -1.04. The van der Waals surface area contributed by atoms with E-state index in [0.29, 0.717) is 47.3 Å². The van der Waals surface area contributed by atoms with E-state index in [9.17, 15) is 9.90 Å². The topological polar surface area (TPSA) is 74.2 Å². The molecular formula is C22H26O6. The molecule has 2 aromatic rings. The van der Waals surface area contributed by atoms with Gasteiger partial charge < -0.3 is 24.1 Å². The molecule has 28 heavy (non-hydrogen) atoms. The lowest BCUT2D eigenvalue weighted by Crippen LogP contribution is -2.02. The second kappa shape index (κ2) is 10.3. The number of rotatable bonds is 10. The maximum atomic E-state index is 11.9. The summed E-state index contributed by atoms with van der Waals surface area (Å²) < 4.78 is 21.8. The molecule has 2 aromatic carbocycles. The van der Waals surface area contributed by atoms with Gasteiger partial charge in [0.05, 0.1) is 33.0 Å². The number of hydrogen-bond acceptors (Lipinski definition) is 5. The van der Waals surface area contributed by atoms with Crippen LogP contribution >= 0.6 is 0 Å². The van der Waals surface area contributed by atoms with E-state index in [4.69, 9.17) is 18.9 Å².